The van der Waals surface area contributed by atoms with Crippen molar-refractivity contribution < 1.29 is 4.74 Å². The van der Waals surface area contributed by atoms with Gasteiger partial charge in [0.2, 0.25) is 0 Å². The van der Waals surface area contributed by atoms with Crippen LogP contribution in [-0.2, 0) is 6.42 Å². The molecule has 0 aliphatic carbocycles. The van der Waals surface area contributed by atoms with Gasteiger partial charge in [0.1, 0.15) is 0 Å². The highest BCUT2D eigenvalue weighted by Gasteiger charge is 2.17. The van der Waals surface area contributed by atoms with Crippen molar-refractivity contribution in [1.82, 2.24) is 20.3 Å². The lowest BCUT2D eigenvalue weighted by atomic mass is 10.2. The topological polar surface area (TPSA) is 63.2 Å². The van der Waals surface area contributed by atoms with E-state index in [9.17, 15) is 0 Å². The highest BCUT2D eigenvalue weighted by Crippen LogP contribution is 2.22. The molecule has 1 N–H and O–H groups in total. The number of aromatic nitrogens is 3. The van der Waals surface area contributed by atoms with Crippen LogP contribution in [0, 0.1) is 0 Å². The summed E-state index contributed by atoms with van der Waals surface area (Å²) in [6.07, 6.45) is 7.83. The lowest BCUT2D eigenvalue weighted by Crippen LogP contribution is -2.44. The summed E-state index contributed by atoms with van der Waals surface area (Å²) in [7, 11) is 0. The normalized spacial score (nSPS) is 15.0. The summed E-state index contributed by atoms with van der Waals surface area (Å²) < 4.78 is 5.83. The number of nitrogens with one attached hydrogen (secondary N) is 1. The van der Waals surface area contributed by atoms with Crippen molar-refractivity contribution in [2.45, 2.75) is 6.42 Å². The maximum Gasteiger partial charge on any atom is 0.257 e. The minimum atomic E-state index is 0.573. The third-order valence-corrected chi connectivity index (χ3v) is 3.42. The molecular formula is C15H19N5O. The Hall–Kier alpha value is -2.21. The van der Waals surface area contributed by atoms with Gasteiger partial charge in [-0.25, -0.2) is 9.97 Å². The molecule has 6 nitrogen and oxygen atoms in total. The summed E-state index contributed by atoms with van der Waals surface area (Å²) in [4.78, 5) is 15.1. The standard InChI is InChI=1S/C15H19N5O/c1-2-13(12-17-4-1)3-11-21-15-14(18-5-6-19-15)20-9-7-16-8-10-20/h1-2,4-6,12,16H,3,7-11H2. The monoisotopic (exact) mass is 285 g/mol. The van der Waals surface area contributed by atoms with Gasteiger partial charge in [0, 0.05) is 57.4 Å². The van der Waals surface area contributed by atoms with Crippen molar-refractivity contribution >= 4 is 5.82 Å². The van der Waals surface area contributed by atoms with Crippen molar-refractivity contribution in [3.8, 4) is 5.88 Å². The lowest BCUT2D eigenvalue weighted by Gasteiger charge is -2.28. The van der Waals surface area contributed by atoms with E-state index in [-0.39, 0.29) is 0 Å². The molecule has 0 atom stereocenters. The molecule has 3 heterocycles. The molecule has 0 unspecified atom stereocenters. The Bertz CT molecular complexity index is 557. The van der Waals surface area contributed by atoms with E-state index in [1.165, 1.54) is 0 Å². The number of ether oxygens (including phenoxy) is 1. The fraction of sp³-hybridized carbons (Fsp3) is 0.400. The SMILES string of the molecule is c1cncc(CCOc2nccnc2N2CCNCC2)c1. The second kappa shape index (κ2) is 6.99. The zero-order chi connectivity index (χ0) is 14.3. The molecule has 2 aromatic heterocycles. The number of rotatable bonds is 5. The fourth-order valence-corrected chi connectivity index (χ4v) is 2.32. The lowest BCUT2D eigenvalue weighted by molar-refractivity contribution is 0.308. The van der Waals surface area contributed by atoms with Crippen LogP contribution < -0.4 is 15.0 Å². The van der Waals surface area contributed by atoms with Crippen LogP contribution in [0.15, 0.2) is 36.9 Å². The number of hydrogen-bond acceptors (Lipinski definition) is 6. The molecule has 110 valence electrons. The van der Waals surface area contributed by atoms with Gasteiger partial charge in [-0.3, -0.25) is 4.98 Å². The first-order valence-corrected chi connectivity index (χ1v) is 7.22. The molecule has 0 amide bonds. The summed E-state index contributed by atoms with van der Waals surface area (Å²) in [5.41, 5.74) is 1.16. The zero-order valence-electron chi connectivity index (χ0n) is 11.9. The predicted octanol–water partition coefficient (Wildman–Crippen LogP) is 0.903. The van der Waals surface area contributed by atoms with E-state index < -0.39 is 0 Å². The summed E-state index contributed by atoms with van der Waals surface area (Å²) in [5.74, 6) is 1.45. The average Bonchev–Trinajstić information content (AvgIpc) is 2.57. The van der Waals surface area contributed by atoms with Crippen molar-refractivity contribution in [3.05, 3.63) is 42.5 Å². The smallest absolute Gasteiger partial charge is 0.257 e. The van der Waals surface area contributed by atoms with Crippen molar-refractivity contribution in [3.63, 3.8) is 0 Å². The third kappa shape index (κ3) is 3.66. The van der Waals surface area contributed by atoms with E-state index in [2.05, 4.69) is 25.2 Å². The minimum absolute atomic E-state index is 0.573. The Balaban J connectivity index is 1.62. The Labute approximate surface area is 124 Å². The molecule has 1 aliphatic rings. The van der Waals surface area contributed by atoms with Gasteiger partial charge in [0.15, 0.2) is 5.82 Å². The van der Waals surface area contributed by atoms with Crippen LogP contribution in [0.4, 0.5) is 5.82 Å². The van der Waals surface area contributed by atoms with E-state index >= 15 is 0 Å². The van der Waals surface area contributed by atoms with Crippen LogP contribution in [0.25, 0.3) is 0 Å². The molecule has 0 saturated carbocycles. The van der Waals surface area contributed by atoms with Crippen molar-refractivity contribution in [2.75, 3.05) is 37.7 Å². The Morgan fingerprint density at radius 2 is 2.00 bits per heavy atom. The minimum Gasteiger partial charge on any atom is -0.475 e. The zero-order valence-corrected chi connectivity index (χ0v) is 11.9. The molecule has 0 aromatic carbocycles. The first kappa shape index (κ1) is 13.8. The van der Waals surface area contributed by atoms with E-state index in [4.69, 9.17) is 4.74 Å². The molecule has 21 heavy (non-hydrogen) atoms. The molecule has 2 aromatic rings. The first-order chi connectivity index (χ1) is 10.4. The van der Waals surface area contributed by atoms with Crippen LogP contribution in [0.1, 0.15) is 5.56 Å². The Kier molecular flexibility index (Phi) is 4.58. The highest BCUT2D eigenvalue weighted by atomic mass is 16.5. The van der Waals surface area contributed by atoms with Gasteiger partial charge in [-0.1, -0.05) is 6.07 Å². The van der Waals surface area contributed by atoms with Gasteiger partial charge in [-0.15, -0.1) is 0 Å². The maximum atomic E-state index is 5.83. The number of nitrogens with zero attached hydrogens (tertiary/aromatic N) is 4. The predicted molar refractivity (Wildman–Crippen MR) is 80.6 cm³/mol. The van der Waals surface area contributed by atoms with Crippen molar-refractivity contribution in [1.29, 1.82) is 0 Å². The van der Waals surface area contributed by atoms with E-state index in [1.807, 2.05) is 18.3 Å². The molecule has 0 spiro atoms. The van der Waals surface area contributed by atoms with Crippen LogP contribution in [-0.4, -0.2) is 47.7 Å². The molecular weight excluding hydrogens is 266 g/mol. The van der Waals surface area contributed by atoms with Crippen LogP contribution in [0.5, 0.6) is 5.88 Å². The molecule has 3 rings (SSSR count). The number of hydrogen-bond donors (Lipinski definition) is 1. The molecule has 6 heteroatoms. The number of piperazine rings is 1. The fourth-order valence-electron chi connectivity index (χ4n) is 2.32. The second-order valence-corrected chi connectivity index (χ2v) is 4.88. The average molecular weight is 285 g/mol. The first-order valence-electron chi connectivity index (χ1n) is 7.22. The summed E-state index contributed by atoms with van der Waals surface area (Å²) in [6, 6.07) is 3.98. The number of anilines is 1. The summed E-state index contributed by atoms with van der Waals surface area (Å²) in [6.45, 7) is 4.36. The summed E-state index contributed by atoms with van der Waals surface area (Å²) in [5, 5.41) is 3.33. The molecule has 1 fully saturated rings. The highest BCUT2D eigenvalue weighted by molar-refractivity contribution is 5.48. The van der Waals surface area contributed by atoms with Gasteiger partial charge in [-0.05, 0) is 11.6 Å². The molecule has 1 aliphatic heterocycles. The van der Waals surface area contributed by atoms with E-state index in [1.54, 1.807) is 18.6 Å². The Morgan fingerprint density at radius 3 is 2.81 bits per heavy atom. The third-order valence-electron chi connectivity index (χ3n) is 3.42. The Morgan fingerprint density at radius 1 is 1.14 bits per heavy atom. The van der Waals surface area contributed by atoms with Gasteiger partial charge in [-0.2, -0.15) is 0 Å². The van der Waals surface area contributed by atoms with Crippen LogP contribution in [0.3, 0.4) is 0 Å². The van der Waals surface area contributed by atoms with E-state index in [0.29, 0.717) is 12.5 Å². The number of pyridine rings is 1. The summed E-state index contributed by atoms with van der Waals surface area (Å²) >= 11 is 0. The molecule has 0 radical (unpaired) electrons. The molecule has 0 bridgehead atoms. The second-order valence-electron chi connectivity index (χ2n) is 4.88. The quantitative estimate of drug-likeness (QED) is 0.881. The van der Waals surface area contributed by atoms with Gasteiger partial charge in [0.05, 0.1) is 6.61 Å². The van der Waals surface area contributed by atoms with Gasteiger partial charge >= 0.3 is 0 Å². The van der Waals surface area contributed by atoms with Crippen molar-refractivity contribution in [2.24, 2.45) is 0 Å². The van der Waals surface area contributed by atoms with Gasteiger partial charge < -0.3 is 15.0 Å². The maximum absolute atomic E-state index is 5.83. The van der Waals surface area contributed by atoms with Crippen LogP contribution in [0.2, 0.25) is 0 Å². The van der Waals surface area contributed by atoms with Crippen LogP contribution >= 0.6 is 0 Å². The van der Waals surface area contributed by atoms with Gasteiger partial charge in [0.25, 0.3) is 5.88 Å². The van der Waals surface area contributed by atoms with E-state index in [0.717, 1.165) is 44.0 Å². The largest absolute Gasteiger partial charge is 0.475 e. The molecule has 1 saturated heterocycles.